The molecule has 1 N–H and O–H groups in total. The Bertz CT molecular complexity index is 492. The Kier molecular flexibility index (Phi) is 5.39. The predicted octanol–water partition coefficient (Wildman–Crippen LogP) is 1.51. The number of halogens is 1. The Balaban J connectivity index is 1.80. The molecule has 2 heterocycles. The van der Waals surface area contributed by atoms with Gasteiger partial charge in [-0.25, -0.2) is 0 Å². The van der Waals surface area contributed by atoms with Crippen LogP contribution in [0.1, 0.15) is 11.3 Å². The van der Waals surface area contributed by atoms with E-state index in [2.05, 4.69) is 5.32 Å². The highest BCUT2D eigenvalue weighted by Gasteiger charge is 2.33. The van der Waals surface area contributed by atoms with Crippen molar-refractivity contribution in [1.82, 2.24) is 10.2 Å². The molecule has 1 aliphatic rings. The van der Waals surface area contributed by atoms with Gasteiger partial charge in [-0.3, -0.25) is 9.59 Å². The number of rotatable bonds is 6. The number of amides is 2. The molecule has 1 aromatic heterocycles. The Morgan fingerprint density at radius 3 is 3.05 bits per heavy atom. The Hall–Kier alpha value is -1.11. The van der Waals surface area contributed by atoms with Gasteiger partial charge in [0.25, 0.3) is 0 Å². The summed E-state index contributed by atoms with van der Waals surface area (Å²) < 4.78 is 5.65. The first-order valence-corrected chi connectivity index (χ1v) is 7.58. The first-order valence-electron chi connectivity index (χ1n) is 6.38. The van der Waals surface area contributed by atoms with Crippen LogP contribution < -0.4 is 5.32 Å². The zero-order valence-electron chi connectivity index (χ0n) is 11.2. The third-order valence-electron chi connectivity index (χ3n) is 3.22. The van der Waals surface area contributed by atoms with Gasteiger partial charge < -0.3 is 15.0 Å². The molecule has 1 atom stereocenters. The molecule has 2 amide bonds. The summed E-state index contributed by atoms with van der Waals surface area (Å²) in [6.07, 6.45) is 0.279. The summed E-state index contributed by atoms with van der Waals surface area (Å²) in [7, 11) is 1.59. The van der Waals surface area contributed by atoms with E-state index in [0.717, 1.165) is 4.88 Å². The summed E-state index contributed by atoms with van der Waals surface area (Å²) in [5.74, 6) is -0.334. The lowest BCUT2D eigenvalue weighted by Gasteiger charge is -2.15. The second-order valence-electron chi connectivity index (χ2n) is 4.66. The van der Waals surface area contributed by atoms with Crippen LogP contribution in [0.4, 0.5) is 0 Å². The first-order chi connectivity index (χ1) is 9.60. The van der Waals surface area contributed by atoms with Gasteiger partial charge in [-0.1, -0.05) is 11.6 Å². The van der Waals surface area contributed by atoms with Crippen LogP contribution in [-0.2, 0) is 20.9 Å². The number of carbonyl (C=O) groups excluding carboxylic acids is 2. The van der Waals surface area contributed by atoms with Crippen molar-refractivity contribution in [3.05, 3.63) is 21.3 Å². The van der Waals surface area contributed by atoms with Gasteiger partial charge in [0.05, 0.1) is 23.4 Å². The second kappa shape index (κ2) is 7.06. The number of ether oxygens (including phenoxy) is 1. The van der Waals surface area contributed by atoms with Gasteiger partial charge in [0.1, 0.15) is 0 Å². The van der Waals surface area contributed by atoms with Crippen molar-refractivity contribution in [2.75, 3.05) is 26.8 Å². The molecule has 1 aliphatic heterocycles. The predicted molar refractivity (Wildman–Crippen MR) is 77.7 cm³/mol. The third-order valence-corrected chi connectivity index (χ3v) is 4.45. The van der Waals surface area contributed by atoms with Crippen LogP contribution in [-0.4, -0.2) is 43.5 Å². The van der Waals surface area contributed by atoms with E-state index in [1.54, 1.807) is 18.1 Å². The van der Waals surface area contributed by atoms with Gasteiger partial charge in [-0.05, 0) is 12.1 Å². The van der Waals surface area contributed by atoms with E-state index in [0.29, 0.717) is 30.6 Å². The molecule has 1 saturated heterocycles. The highest BCUT2D eigenvalue weighted by atomic mass is 35.5. The molecule has 0 saturated carbocycles. The van der Waals surface area contributed by atoms with E-state index >= 15 is 0 Å². The summed E-state index contributed by atoms with van der Waals surface area (Å²) in [6.45, 7) is 1.96. The van der Waals surface area contributed by atoms with Gasteiger partial charge in [0, 0.05) is 31.5 Å². The molecule has 5 nitrogen and oxygen atoms in total. The number of hydrogen-bond donors (Lipinski definition) is 1. The second-order valence-corrected chi connectivity index (χ2v) is 6.46. The molecular formula is C13H17ClN2O3S. The van der Waals surface area contributed by atoms with E-state index in [4.69, 9.17) is 16.3 Å². The molecule has 1 aromatic rings. The molecule has 0 aromatic carbocycles. The third kappa shape index (κ3) is 3.94. The van der Waals surface area contributed by atoms with E-state index in [1.165, 1.54) is 11.3 Å². The monoisotopic (exact) mass is 316 g/mol. The summed E-state index contributed by atoms with van der Waals surface area (Å²) >= 11 is 7.27. The van der Waals surface area contributed by atoms with Crippen LogP contribution in [0.5, 0.6) is 0 Å². The fourth-order valence-electron chi connectivity index (χ4n) is 2.13. The molecule has 0 bridgehead atoms. The maximum atomic E-state index is 12.0. The molecule has 0 spiro atoms. The number of methoxy groups -OCH3 is 1. The van der Waals surface area contributed by atoms with Crippen LogP contribution in [0.25, 0.3) is 0 Å². The fourth-order valence-corrected chi connectivity index (χ4v) is 3.16. The molecular weight excluding hydrogens is 300 g/mol. The van der Waals surface area contributed by atoms with Crippen LogP contribution in [0.2, 0.25) is 4.34 Å². The van der Waals surface area contributed by atoms with Gasteiger partial charge in [0.2, 0.25) is 11.8 Å². The van der Waals surface area contributed by atoms with Gasteiger partial charge in [-0.15, -0.1) is 11.3 Å². The fraction of sp³-hybridized carbons (Fsp3) is 0.538. The maximum absolute atomic E-state index is 12.0. The summed E-state index contributed by atoms with van der Waals surface area (Å²) in [6, 6.07) is 3.69. The number of likely N-dealkylation sites (tertiary alicyclic amines) is 1. The zero-order valence-corrected chi connectivity index (χ0v) is 12.8. The Morgan fingerprint density at radius 2 is 2.40 bits per heavy atom. The van der Waals surface area contributed by atoms with Crippen molar-refractivity contribution >= 4 is 34.8 Å². The normalized spacial score (nSPS) is 18.6. The quantitative estimate of drug-likeness (QED) is 0.865. The standard InChI is InChI=1S/C13H17ClN2O3S/c1-19-5-4-16-8-9(6-12(16)17)13(18)15-7-10-2-3-11(14)20-10/h2-3,9H,4-8H2,1H3,(H,15,18)/t9-/m0/s1. The number of carbonyl (C=O) groups is 2. The molecule has 1 fully saturated rings. The smallest absolute Gasteiger partial charge is 0.225 e. The van der Waals surface area contributed by atoms with Crippen molar-refractivity contribution in [3.63, 3.8) is 0 Å². The molecule has 110 valence electrons. The molecule has 2 rings (SSSR count). The minimum atomic E-state index is -0.269. The zero-order chi connectivity index (χ0) is 14.5. The molecule has 7 heteroatoms. The largest absolute Gasteiger partial charge is 0.383 e. The van der Waals surface area contributed by atoms with Crippen LogP contribution in [0.3, 0.4) is 0 Å². The molecule has 0 aliphatic carbocycles. The highest BCUT2D eigenvalue weighted by molar-refractivity contribution is 7.16. The number of nitrogens with zero attached hydrogens (tertiary/aromatic N) is 1. The van der Waals surface area contributed by atoms with E-state index in [9.17, 15) is 9.59 Å². The van der Waals surface area contributed by atoms with E-state index in [1.807, 2.05) is 6.07 Å². The topological polar surface area (TPSA) is 58.6 Å². The summed E-state index contributed by atoms with van der Waals surface area (Å²) in [4.78, 5) is 26.5. The minimum absolute atomic E-state index is 0.0152. The number of hydrogen-bond acceptors (Lipinski definition) is 4. The van der Waals surface area contributed by atoms with Gasteiger partial charge in [-0.2, -0.15) is 0 Å². The number of nitrogens with one attached hydrogen (secondary N) is 1. The molecule has 0 radical (unpaired) electrons. The van der Waals surface area contributed by atoms with Crippen LogP contribution >= 0.6 is 22.9 Å². The SMILES string of the molecule is COCCN1C[C@@H](C(=O)NCc2ccc(Cl)s2)CC1=O. The van der Waals surface area contributed by atoms with Crippen molar-refractivity contribution in [1.29, 1.82) is 0 Å². The Labute approximate surface area is 126 Å². The lowest BCUT2D eigenvalue weighted by Crippen LogP contribution is -2.33. The number of thiophene rings is 1. The maximum Gasteiger partial charge on any atom is 0.225 e. The molecule has 0 unspecified atom stereocenters. The lowest BCUT2D eigenvalue weighted by atomic mass is 10.1. The minimum Gasteiger partial charge on any atom is -0.383 e. The van der Waals surface area contributed by atoms with Gasteiger partial charge in [0.15, 0.2) is 0 Å². The van der Waals surface area contributed by atoms with Gasteiger partial charge >= 0.3 is 0 Å². The summed E-state index contributed by atoms with van der Waals surface area (Å²) in [5.41, 5.74) is 0. The van der Waals surface area contributed by atoms with Crippen LogP contribution in [0.15, 0.2) is 12.1 Å². The lowest BCUT2D eigenvalue weighted by molar-refractivity contribution is -0.129. The average molecular weight is 317 g/mol. The van der Waals surface area contributed by atoms with Crippen LogP contribution in [0, 0.1) is 5.92 Å². The van der Waals surface area contributed by atoms with Crippen molar-refractivity contribution in [2.45, 2.75) is 13.0 Å². The van der Waals surface area contributed by atoms with Crippen molar-refractivity contribution in [2.24, 2.45) is 5.92 Å². The van der Waals surface area contributed by atoms with Crippen molar-refractivity contribution in [3.8, 4) is 0 Å². The average Bonchev–Trinajstić information content (AvgIpc) is 3.00. The van der Waals surface area contributed by atoms with E-state index < -0.39 is 0 Å². The van der Waals surface area contributed by atoms with Crippen molar-refractivity contribution < 1.29 is 14.3 Å². The van der Waals surface area contributed by atoms with E-state index in [-0.39, 0.29) is 24.2 Å². The summed E-state index contributed by atoms with van der Waals surface area (Å²) in [5, 5.41) is 2.85. The molecule has 20 heavy (non-hydrogen) atoms. The Morgan fingerprint density at radius 1 is 1.60 bits per heavy atom. The highest BCUT2D eigenvalue weighted by Crippen LogP contribution is 2.22. The first kappa shape index (κ1) is 15.3.